The molecule has 1 heteroatoms. The zero-order valence-electron chi connectivity index (χ0n) is 10.3. The van der Waals surface area contributed by atoms with Crippen molar-refractivity contribution < 1.29 is 0 Å². The first-order valence-corrected chi connectivity index (χ1v) is 5.42. The fourth-order valence-electron chi connectivity index (χ4n) is 2.44. The molecule has 1 saturated carbocycles. The van der Waals surface area contributed by atoms with E-state index in [4.69, 9.17) is 0 Å². The van der Waals surface area contributed by atoms with Gasteiger partial charge in [0.2, 0.25) is 0 Å². The highest BCUT2D eigenvalue weighted by atomic mass is 15.1. The Bertz CT molecular complexity index is 187. The van der Waals surface area contributed by atoms with Gasteiger partial charge in [0.25, 0.3) is 0 Å². The summed E-state index contributed by atoms with van der Waals surface area (Å²) >= 11 is 0. The van der Waals surface area contributed by atoms with Crippen LogP contribution in [0, 0.1) is 16.7 Å². The van der Waals surface area contributed by atoms with Crippen LogP contribution in [0.4, 0.5) is 0 Å². The van der Waals surface area contributed by atoms with Crippen molar-refractivity contribution in [3.05, 3.63) is 0 Å². The first-order valence-electron chi connectivity index (χ1n) is 5.42. The molecule has 78 valence electrons. The van der Waals surface area contributed by atoms with Gasteiger partial charge in [-0.3, -0.25) is 0 Å². The smallest absolute Gasteiger partial charge is 0.0266 e. The van der Waals surface area contributed by atoms with Crippen molar-refractivity contribution in [2.45, 2.75) is 54.0 Å². The predicted octanol–water partition coefficient (Wildman–Crippen LogP) is 3.06. The van der Waals surface area contributed by atoms with Crippen LogP contribution in [0.5, 0.6) is 0 Å². The van der Waals surface area contributed by atoms with Gasteiger partial charge in [-0.25, -0.2) is 0 Å². The summed E-state index contributed by atoms with van der Waals surface area (Å²) in [4.78, 5) is 0. The van der Waals surface area contributed by atoms with E-state index in [2.05, 4.69) is 53.8 Å². The van der Waals surface area contributed by atoms with Crippen LogP contribution in [0.3, 0.4) is 0 Å². The fraction of sp³-hybridized carbons (Fsp3) is 1.00. The predicted molar refractivity (Wildman–Crippen MR) is 58.8 cm³/mol. The minimum absolute atomic E-state index is 0.324. The average molecular weight is 183 g/mol. The maximum atomic E-state index is 3.71. The largest absolute Gasteiger partial charge is 0.310 e. The van der Waals surface area contributed by atoms with Crippen molar-refractivity contribution in [1.29, 1.82) is 0 Å². The van der Waals surface area contributed by atoms with Crippen LogP contribution in [0.15, 0.2) is 0 Å². The molecule has 0 heterocycles. The molecule has 1 aliphatic rings. The van der Waals surface area contributed by atoms with Gasteiger partial charge in [-0.15, -0.1) is 0 Å². The molecule has 13 heavy (non-hydrogen) atoms. The second-order valence-corrected chi connectivity index (χ2v) is 6.15. The van der Waals surface area contributed by atoms with Gasteiger partial charge in [-0.2, -0.15) is 0 Å². The summed E-state index contributed by atoms with van der Waals surface area (Å²) in [6.07, 6.45) is 0. The van der Waals surface area contributed by atoms with Crippen LogP contribution in [0.2, 0.25) is 0 Å². The van der Waals surface area contributed by atoms with Gasteiger partial charge in [0.15, 0.2) is 0 Å². The molecular weight excluding hydrogens is 158 g/mol. The van der Waals surface area contributed by atoms with Gasteiger partial charge in [0.05, 0.1) is 0 Å². The molecule has 1 nitrogen and oxygen atoms in total. The number of hydrogen-bond donors (Lipinski definition) is 1. The summed E-state index contributed by atoms with van der Waals surface area (Å²) < 4.78 is 0. The van der Waals surface area contributed by atoms with Crippen molar-refractivity contribution in [3.63, 3.8) is 0 Å². The van der Waals surface area contributed by atoms with Crippen LogP contribution in [0.25, 0.3) is 0 Å². The lowest BCUT2D eigenvalue weighted by atomic mass is 10.0. The summed E-state index contributed by atoms with van der Waals surface area (Å²) in [6.45, 7) is 17.5. The van der Waals surface area contributed by atoms with E-state index in [9.17, 15) is 0 Å². The standard InChI is InChI=1S/C12H25N/c1-9(2)8-13-12(7)10(3,4)11(12,5)6/h9,13H,8H2,1-7H3. The molecule has 1 aliphatic carbocycles. The lowest BCUT2D eigenvalue weighted by molar-refractivity contribution is 0.391. The Morgan fingerprint density at radius 1 is 0.923 bits per heavy atom. The Balaban J connectivity index is 2.61. The molecule has 0 aromatic heterocycles. The first-order chi connectivity index (χ1) is 5.67. The second-order valence-electron chi connectivity index (χ2n) is 6.15. The third kappa shape index (κ3) is 1.24. The number of nitrogens with one attached hydrogen (secondary N) is 1. The van der Waals surface area contributed by atoms with Crippen molar-refractivity contribution in [3.8, 4) is 0 Å². The van der Waals surface area contributed by atoms with E-state index in [1.807, 2.05) is 0 Å². The minimum atomic E-state index is 0.324. The lowest BCUT2D eigenvalue weighted by Crippen LogP contribution is -2.37. The SMILES string of the molecule is CC(C)CNC1(C)C(C)(C)C1(C)C. The monoisotopic (exact) mass is 183 g/mol. The third-order valence-electron chi connectivity index (χ3n) is 4.86. The Morgan fingerprint density at radius 2 is 1.31 bits per heavy atom. The summed E-state index contributed by atoms with van der Waals surface area (Å²) in [5, 5.41) is 3.71. The molecule has 0 unspecified atom stereocenters. The number of rotatable bonds is 3. The molecule has 0 spiro atoms. The van der Waals surface area contributed by atoms with E-state index in [-0.39, 0.29) is 0 Å². The highest BCUT2D eigenvalue weighted by molar-refractivity contribution is 5.27. The molecule has 1 rings (SSSR count). The Hall–Kier alpha value is -0.0400. The summed E-state index contributed by atoms with van der Waals surface area (Å²) in [5.41, 5.74) is 1.17. The van der Waals surface area contributed by atoms with Crippen molar-refractivity contribution in [2.24, 2.45) is 16.7 Å². The Labute approximate surface area is 83.3 Å². The summed E-state index contributed by atoms with van der Waals surface area (Å²) in [7, 11) is 0. The average Bonchev–Trinajstić information content (AvgIpc) is 2.26. The molecule has 1 fully saturated rings. The van der Waals surface area contributed by atoms with Crippen molar-refractivity contribution >= 4 is 0 Å². The van der Waals surface area contributed by atoms with Gasteiger partial charge in [0, 0.05) is 5.54 Å². The maximum Gasteiger partial charge on any atom is 0.0266 e. The van der Waals surface area contributed by atoms with Crippen LogP contribution in [-0.4, -0.2) is 12.1 Å². The normalized spacial score (nSPS) is 27.7. The van der Waals surface area contributed by atoms with E-state index in [0.717, 1.165) is 12.5 Å². The van der Waals surface area contributed by atoms with E-state index in [1.54, 1.807) is 0 Å². The highest BCUT2D eigenvalue weighted by Gasteiger charge is 2.73. The van der Waals surface area contributed by atoms with Gasteiger partial charge >= 0.3 is 0 Å². The fourth-order valence-corrected chi connectivity index (χ4v) is 2.44. The van der Waals surface area contributed by atoms with Crippen LogP contribution < -0.4 is 5.32 Å². The Kier molecular flexibility index (Phi) is 2.31. The molecule has 1 N–H and O–H groups in total. The van der Waals surface area contributed by atoms with Crippen molar-refractivity contribution in [2.75, 3.05) is 6.54 Å². The lowest BCUT2D eigenvalue weighted by Gasteiger charge is -2.19. The first kappa shape index (κ1) is 11.0. The Morgan fingerprint density at radius 3 is 1.54 bits per heavy atom. The molecule has 0 amide bonds. The zero-order valence-corrected chi connectivity index (χ0v) is 10.3. The highest BCUT2D eigenvalue weighted by Crippen LogP contribution is 2.70. The number of hydrogen-bond acceptors (Lipinski definition) is 1. The van der Waals surface area contributed by atoms with E-state index in [1.165, 1.54) is 0 Å². The quantitative estimate of drug-likeness (QED) is 0.709. The summed E-state index contributed by atoms with van der Waals surface area (Å²) in [5.74, 6) is 0.740. The maximum absolute atomic E-state index is 3.71. The molecule has 0 saturated heterocycles. The molecule has 0 radical (unpaired) electrons. The van der Waals surface area contributed by atoms with Gasteiger partial charge in [0.1, 0.15) is 0 Å². The third-order valence-corrected chi connectivity index (χ3v) is 4.86. The summed E-state index contributed by atoms with van der Waals surface area (Å²) in [6, 6.07) is 0. The van der Waals surface area contributed by atoms with E-state index >= 15 is 0 Å². The zero-order chi connectivity index (χ0) is 10.5. The van der Waals surface area contributed by atoms with Crippen molar-refractivity contribution in [1.82, 2.24) is 5.32 Å². The minimum Gasteiger partial charge on any atom is -0.310 e. The van der Waals surface area contributed by atoms with Crippen LogP contribution in [-0.2, 0) is 0 Å². The molecule has 0 aromatic carbocycles. The van der Waals surface area contributed by atoms with Gasteiger partial charge in [-0.05, 0) is 30.2 Å². The molecule has 0 aromatic rings. The van der Waals surface area contributed by atoms with Gasteiger partial charge < -0.3 is 5.32 Å². The van der Waals surface area contributed by atoms with E-state index in [0.29, 0.717) is 16.4 Å². The molecular formula is C12H25N. The molecule has 0 atom stereocenters. The van der Waals surface area contributed by atoms with Crippen LogP contribution in [0.1, 0.15) is 48.5 Å². The second kappa shape index (κ2) is 2.73. The van der Waals surface area contributed by atoms with Crippen LogP contribution >= 0.6 is 0 Å². The van der Waals surface area contributed by atoms with Gasteiger partial charge in [-0.1, -0.05) is 41.5 Å². The van der Waals surface area contributed by atoms with E-state index < -0.39 is 0 Å². The molecule has 0 bridgehead atoms. The topological polar surface area (TPSA) is 12.0 Å². The molecule has 0 aliphatic heterocycles.